The van der Waals surface area contributed by atoms with E-state index in [1.54, 1.807) is 37.3 Å². The van der Waals surface area contributed by atoms with Crippen molar-refractivity contribution < 1.29 is 19.2 Å². The molecule has 0 saturated carbocycles. The highest BCUT2D eigenvalue weighted by molar-refractivity contribution is 5.98. The second kappa shape index (κ2) is 13.8. The van der Waals surface area contributed by atoms with E-state index in [0.717, 1.165) is 18.4 Å². The third-order valence-electron chi connectivity index (χ3n) is 5.32. The van der Waals surface area contributed by atoms with Crippen LogP contribution in [0.4, 0.5) is 0 Å². The van der Waals surface area contributed by atoms with Crippen molar-refractivity contribution in [3.05, 3.63) is 71.8 Å². The average Bonchev–Trinajstić information content (AvgIpc) is 2.81. The summed E-state index contributed by atoms with van der Waals surface area (Å²) in [4.78, 5) is 50.0. The first-order chi connectivity index (χ1) is 16.3. The van der Waals surface area contributed by atoms with Gasteiger partial charge < -0.3 is 21.7 Å². The second-order valence-electron chi connectivity index (χ2n) is 8.37. The van der Waals surface area contributed by atoms with Crippen LogP contribution in [0.1, 0.15) is 55.5 Å². The number of amides is 4. The van der Waals surface area contributed by atoms with E-state index in [2.05, 4.69) is 16.0 Å². The zero-order chi connectivity index (χ0) is 24.9. The number of hydrogen-bond donors (Lipinski definition) is 4. The number of nitrogens with two attached hydrogens (primary N) is 1. The molecule has 0 aliphatic rings. The number of carbonyl (C=O) groups is 4. The normalized spacial score (nSPS) is 13.2. The van der Waals surface area contributed by atoms with E-state index in [1.807, 2.05) is 37.3 Å². The zero-order valence-electron chi connectivity index (χ0n) is 19.8. The van der Waals surface area contributed by atoms with Gasteiger partial charge in [0.15, 0.2) is 0 Å². The molecule has 8 nitrogen and oxygen atoms in total. The highest BCUT2D eigenvalue weighted by atomic mass is 16.2. The number of unbranched alkanes of at least 4 members (excludes halogenated alkanes) is 1. The summed E-state index contributed by atoms with van der Waals surface area (Å²) in [5.41, 5.74) is 6.53. The first kappa shape index (κ1) is 26.6. The predicted octanol–water partition coefficient (Wildman–Crippen LogP) is 2.08. The Kier molecular flexibility index (Phi) is 10.8. The number of rotatable bonds is 13. The molecule has 0 aliphatic heterocycles. The van der Waals surface area contributed by atoms with Crippen molar-refractivity contribution in [3.63, 3.8) is 0 Å². The lowest BCUT2D eigenvalue weighted by molar-refractivity contribution is -0.130. The molecule has 0 aliphatic carbocycles. The Bertz CT molecular complexity index is 950. The molecule has 5 N–H and O–H groups in total. The Morgan fingerprint density at radius 2 is 1.41 bits per heavy atom. The Morgan fingerprint density at radius 3 is 2.00 bits per heavy atom. The van der Waals surface area contributed by atoms with E-state index < -0.39 is 29.9 Å². The van der Waals surface area contributed by atoms with Gasteiger partial charge in [-0.15, -0.1) is 0 Å². The molecule has 2 rings (SSSR count). The fourth-order valence-corrected chi connectivity index (χ4v) is 3.54. The summed E-state index contributed by atoms with van der Waals surface area (Å²) in [6.45, 7) is 3.67. The molecule has 2 aromatic rings. The fraction of sp³-hybridized carbons (Fsp3) is 0.385. The van der Waals surface area contributed by atoms with Crippen molar-refractivity contribution in [1.29, 1.82) is 0 Å². The van der Waals surface area contributed by atoms with Crippen LogP contribution in [-0.4, -0.2) is 41.8 Å². The lowest BCUT2D eigenvalue weighted by Gasteiger charge is -2.24. The molecule has 0 spiro atoms. The van der Waals surface area contributed by atoms with Gasteiger partial charge in [-0.05, 0) is 31.0 Å². The van der Waals surface area contributed by atoms with Crippen molar-refractivity contribution in [2.75, 3.05) is 0 Å². The summed E-state index contributed by atoms with van der Waals surface area (Å²) < 4.78 is 0. The van der Waals surface area contributed by atoms with Gasteiger partial charge in [0.1, 0.15) is 12.1 Å². The third kappa shape index (κ3) is 9.05. The van der Waals surface area contributed by atoms with Crippen molar-refractivity contribution in [1.82, 2.24) is 16.0 Å². The first-order valence-electron chi connectivity index (χ1n) is 11.6. The second-order valence-corrected chi connectivity index (χ2v) is 8.37. The van der Waals surface area contributed by atoms with E-state index in [4.69, 9.17) is 5.73 Å². The minimum absolute atomic E-state index is 0.00392. The third-order valence-corrected chi connectivity index (χ3v) is 5.32. The van der Waals surface area contributed by atoms with Gasteiger partial charge in [0.2, 0.25) is 17.7 Å². The van der Waals surface area contributed by atoms with E-state index in [-0.39, 0.29) is 24.7 Å². The number of nitrogens with one attached hydrogen (secondary N) is 3. The summed E-state index contributed by atoms with van der Waals surface area (Å²) in [6.07, 6.45) is 2.27. The lowest BCUT2D eigenvalue weighted by atomic mass is 10.0. The molecule has 2 aromatic carbocycles. The smallest absolute Gasteiger partial charge is 0.251 e. The summed E-state index contributed by atoms with van der Waals surface area (Å²) in [5, 5.41) is 8.35. The summed E-state index contributed by atoms with van der Waals surface area (Å²) in [7, 11) is 0. The van der Waals surface area contributed by atoms with Gasteiger partial charge in [-0.3, -0.25) is 19.2 Å². The number of primary amides is 1. The van der Waals surface area contributed by atoms with E-state index in [0.29, 0.717) is 12.0 Å². The average molecular weight is 467 g/mol. The highest BCUT2D eigenvalue weighted by Crippen LogP contribution is 2.08. The van der Waals surface area contributed by atoms with E-state index in [9.17, 15) is 19.2 Å². The van der Waals surface area contributed by atoms with Crippen LogP contribution in [0.15, 0.2) is 60.7 Å². The maximum atomic E-state index is 13.3. The lowest BCUT2D eigenvalue weighted by Crippen LogP contribution is -2.55. The van der Waals surface area contributed by atoms with E-state index >= 15 is 0 Å². The fourth-order valence-electron chi connectivity index (χ4n) is 3.54. The van der Waals surface area contributed by atoms with Crippen molar-refractivity contribution in [2.24, 2.45) is 5.73 Å². The number of benzene rings is 2. The van der Waals surface area contributed by atoms with Crippen molar-refractivity contribution in [3.8, 4) is 0 Å². The summed E-state index contributed by atoms with van der Waals surface area (Å²) in [6, 6.07) is 15.9. The molecule has 0 bridgehead atoms. The Morgan fingerprint density at radius 1 is 0.824 bits per heavy atom. The summed E-state index contributed by atoms with van der Waals surface area (Å²) >= 11 is 0. The molecular weight excluding hydrogens is 432 g/mol. The standard InChI is InChI=1S/C26H34N4O4/c1-3-4-15-21(25(33)28-18(2)16-23(27)31)29-26(34)22(17-19-11-7-5-8-12-19)30-24(32)20-13-9-6-10-14-20/h5-14,18,21-22H,3-4,15-17H2,1-2H3,(H2,27,31)(H,28,33)(H,29,34)(H,30,32)/t18-,21+,22+/m1/s1. The van der Waals surface area contributed by atoms with Crippen LogP contribution in [-0.2, 0) is 20.8 Å². The molecule has 0 heterocycles. The van der Waals surface area contributed by atoms with Crippen molar-refractivity contribution >= 4 is 23.6 Å². The Hall–Kier alpha value is -3.68. The molecule has 0 radical (unpaired) electrons. The van der Waals surface area contributed by atoms with Crippen LogP contribution in [0.3, 0.4) is 0 Å². The first-order valence-corrected chi connectivity index (χ1v) is 11.6. The largest absolute Gasteiger partial charge is 0.370 e. The molecule has 4 amide bonds. The molecule has 3 atom stereocenters. The molecule has 0 saturated heterocycles. The monoisotopic (exact) mass is 466 g/mol. The van der Waals surface area contributed by atoms with E-state index in [1.165, 1.54) is 0 Å². The van der Waals surface area contributed by atoms with Crippen LogP contribution < -0.4 is 21.7 Å². The van der Waals surface area contributed by atoms with Gasteiger partial charge in [0, 0.05) is 24.4 Å². The van der Waals surface area contributed by atoms with Gasteiger partial charge in [-0.2, -0.15) is 0 Å². The zero-order valence-corrected chi connectivity index (χ0v) is 19.8. The SMILES string of the molecule is CCCC[C@H](NC(=O)[C@H](Cc1ccccc1)NC(=O)c1ccccc1)C(=O)N[C@H](C)CC(N)=O. The number of hydrogen-bond acceptors (Lipinski definition) is 4. The minimum atomic E-state index is -0.880. The molecule has 8 heteroatoms. The molecular formula is C26H34N4O4. The van der Waals surface area contributed by atoms with Gasteiger partial charge >= 0.3 is 0 Å². The molecule has 0 aromatic heterocycles. The van der Waals surface area contributed by atoms with Gasteiger partial charge in [0.25, 0.3) is 5.91 Å². The highest BCUT2D eigenvalue weighted by Gasteiger charge is 2.28. The topological polar surface area (TPSA) is 130 Å². The van der Waals surface area contributed by atoms with Crippen molar-refractivity contribution in [2.45, 2.75) is 64.1 Å². The van der Waals surface area contributed by atoms with Crippen LogP contribution in [0.5, 0.6) is 0 Å². The minimum Gasteiger partial charge on any atom is -0.370 e. The maximum Gasteiger partial charge on any atom is 0.251 e. The van der Waals surface area contributed by atoms with Gasteiger partial charge in [-0.1, -0.05) is 68.3 Å². The van der Waals surface area contributed by atoms with Crippen LogP contribution in [0.25, 0.3) is 0 Å². The molecule has 182 valence electrons. The van der Waals surface area contributed by atoms with Crippen LogP contribution in [0.2, 0.25) is 0 Å². The number of carbonyl (C=O) groups excluding carboxylic acids is 4. The maximum absolute atomic E-state index is 13.3. The van der Waals surface area contributed by atoms with Crippen LogP contribution >= 0.6 is 0 Å². The Labute approximate surface area is 200 Å². The molecule has 34 heavy (non-hydrogen) atoms. The predicted molar refractivity (Wildman–Crippen MR) is 131 cm³/mol. The molecule has 0 unspecified atom stereocenters. The molecule has 0 fully saturated rings. The summed E-state index contributed by atoms with van der Waals surface area (Å²) in [5.74, 6) is -1.73. The quantitative estimate of drug-likeness (QED) is 0.360. The van der Waals surface area contributed by atoms with Crippen LogP contribution in [0, 0.1) is 0 Å². The van der Waals surface area contributed by atoms with Gasteiger partial charge in [0.05, 0.1) is 0 Å². The van der Waals surface area contributed by atoms with Gasteiger partial charge in [-0.25, -0.2) is 0 Å². The Balaban J connectivity index is 2.17.